The third kappa shape index (κ3) is 2.51. The highest BCUT2D eigenvalue weighted by atomic mass is 35.5. The molecule has 0 fully saturated rings. The number of hydrogen-bond acceptors (Lipinski definition) is 4. The molecular formula is C17H14ClN3O. The molecule has 0 N–H and O–H groups in total. The van der Waals surface area contributed by atoms with Gasteiger partial charge in [0.25, 0.3) is 0 Å². The summed E-state index contributed by atoms with van der Waals surface area (Å²) in [6.07, 6.45) is 0. The minimum Gasteiger partial charge on any atom is -0.459 e. The summed E-state index contributed by atoms with van der Waals surface area (Å²) < 4.78 is 5.89. The number of hydrogen-bond donors (Lipinski definition) is 0. The summed E-state index contributed by atoms with van der Waals surface area (Å²) in [6, 6.07) is 15.4. The molecule has 0 aliphatic rings. The lowest BCUT2D eigenvalue weighted by Gasteiger charge is -2.24. The second kappa shape index (κ2) is 5.70. The SMILES string of the molecule is CC(c1cc2ccccc2o1)N(C)c1ccc(Cl)c(C#N)n1. The van der Waals surface area contributed by atoms with Crippen LogP contribution in [0.4, 0.5) is 5.82 Å². The van der Waals surface area contributed by atoms with Gasteiger partial charge in [-0.2, -0.15) is 5.26 Å². The van der Waals surface area contributed by atoms with E-state index in [0.717, 1.165) is 16.7 Å². The molecule has 2 heterocycles. The lowest BCUT2D eigenvalue weighted by Crippen LogP contribution is -2.22. The van der Waals surface area contributed by atoms with Crippen molar-refractivity contribution in [3.8, 4) is 6.07 Å². The molecule has 22 heavy (non-hydrogen) atoms. The number of benzene rings is 1. The molecule has 5 heteroatoms. The van der Waals surface area contributed by atoms with Crippen molar-refractivity contribution in [1.29, 1.82) is 5.26 Å². The van der Waals surface area contributed by atoms with Gasteiger partial charge in [-0.25, -0.2) is 4.98 Å². The van der Waals surface area contributed by atoms with Crippen LogP contribution < -0.4 is 4.90 Å². The maximum absolute atomic E-state index is 9.04. The van der Waals surface area contributed by atoms with Crippen molar-refractivity contribution in [3.63, 3.8) is 0 Å². The van der Waals surface area contributed by atoms with Crippen LogP contribution in [0.2, 0.25) is 5.02 Å². The van der Waals surface area contributed by atoms with Crippen LogP contribution in [0.1, 0.15) is 24.4 Å². The van der Waals surface area contributed by atoms with E-state index in [2.05, 4.69) is 4.98 Å². The fourth-order valence-corrected chi connectivity index (χ4v) is 2.45. The average Bonchev–Trinajstić information content (AvgIpc) is 2.98. The Morgan fingerprint density at radius 2 is 2.05 bits per heavy atom. The van der Waals surface area contributed by atoms with Crippen LogP contribution in [0.3, 0.4) is 0 Å². The van der Waals surface area contributed by atoms with E-state index in [1.165, 1.54) is 0 Å². The highest BCUT2D eigenvalue weighted by Gasteiger charge is 2.18. The minimum atomic E-state index is -0.0207. The summed E-state index contributed by atoms with van der Waals surface area (Å²) in [7, 11) is 1.91. The number of para-hydroxylation sites is 1. The quantitative estimate of drug-likeness (QED) is 0.712. The Labute approximate surface area is 133 Å². The van der Waals surface area contributed by atoms with Crippen LogP contribution in [0, 0.1) is 11.3 Å². The molecule has 4 nitrogen and oxygen atoms in total. The minimum absolute atomic E-state index is 0.0207. The van der Waals surface area contributed by atoms with Gasteiger partial charge in [-0.05, 0) is 31.2 Å². The van der Waals surface area contributed by atoms with E-state index in [1.54, 1.807) is 12.1 Å². The van der Waals surface area contributed by atoms with Gasteiger partial charge in [-0.1, -0.05) is 29.8 Å². The van der Waals surface area contributed by atoms with E-state index in [0.29, 0.717) is 10.8 Å². The standard InChI is InChI=1S/C17H14ClN3O/c1-11(16-9-12-5-3-4-6-15(12)22-16)21(2)17-8-7-13(18)14(10-19)20-17/h3-9,11H,1-2H3. The van der Waals surface area contributed by atoms with Crippen LogP contribution in [-0.2, 0) is 0 Å². The van der Waals surface area contributed by atoms with Crippen LogP contribution in [0.5, 0.6) is 0 Å². The molecule has 0 bridgehead atoms. The number of furan rings is 1. The number of halogens is 1. The van der Waals surface area contributed by atoms with E-state index < -0.39 is 0 Å². The van der Waals surface area contributed by atoms with E-state index in [9.17, 15) is 0 Å². The first kappa shape index (κ1) is 14.4. The highest BCUT2D eigenvalue weighted by Crippen LogP contribution is 2.29. The summed E-state index contributed by atoms with van der Waals surface area (Å²) in [6.45, 7) is 2.03. The zero-order chi connectivity index (χ0) is 15.7. The molecule has 0 aliphatic carbocycles. The Morgan fingerprint density at radius 3 is 2.77 bits per heavy atom. The number of pyridine rings is 1. The summed E-state index contributed by atoms with van der Waals surface area (Å²) in [5, 5.41) is 10.5. The molecule has 110 valence electrons. The van der Waals surface area contributed by atoms with Gasteiger partial charge in [0.1, 0.15) is 23.2 Å². The van der Waals surface area contributed by atoms with Gasteiger partial charge in [0, 0.05) is 12.4 Å². The predicted octanol–water partition coefficient (Wildman–Crippen LogP) is 4.55. The molecule has 0 saturated carbocycles. The van der Waals surface area contributed by atoms with Crippen molar-refractivity contribution in [2.24, 2.45) is 0 Å². The molecule has 0 spiro atoms. The Hall–Kier alpha value is -2.51. The van der Waals surface area contributed by atoms with E-state index >= 15 is 0 Å². The molecule has 0 amide bonds. The number of fused-ring (bicyclic) bond motifs is 1. The first-order chi connectivity index (χ1) is 10.6. The molecular weight excluding hydrogens is 298 g/mol. The average molecular weight is 312 g/mol. The van der Waals surface area contributed by atoms with Crippen LogP contribution in [0.25, 0.3) is 11.0 Å². The van der Waals surface area contributed by atoms with Crippen molar-refractivity contribution in [1.82, 2.24) is 4.98 Å². The first-order valence-electron chi connectivity index (χ1n) is 6.88. The maximum Gasteiger partial charge on any atom is 0.161 e. The molecule has 3 aromatic rings. The molecule has 0 saturated heterocycles. The van der Waals surface area contributed by atoms with Crippen molar-refractivity contribution in [2.45, 2.75) is 13.0 Å². The van der Waals surface area contributed by atoms with Crippen LogP contribution in [0.15, 0.2) is 46.9 Å². The normalized spacial score (nSPS) is 12.1. The van der Waals surface area contributed by atoms with Crippen LogP contribution >= 0.6 is 11.6 Å². The van der Waals surface area contributed by atoms with Gasteiger partial charge < -0.3 is 9.32 Å². The lowest BCUT2D eigenvalue weighted by atomic mass is 10.2. The Balaban J connectivity index is 1.94. The molecule has 3 rings (SSSR count). The number of rotatable bonds is 3. The summed E-state index contributed by atoms with van der Waals surface area (Å²) in [5.74, 6) is 1.52. The fourth-order valence-electron chi connectivity index (χ4n) is 2.30. The van der Waals surface area contributed by atoms with Gasteiger partial charge >= 0.3 is 0 Å². The fraction of sp³-hybridized carbons (Fsp3) is 0.176. The van der Waals surface area contributed by atoms with Crippen molar-refractivity contribution in [2.75, 3.05) is 11.9 Å². The second-order valence-corrected chi connectivity index (χ2v) is 5.49. The third-order valence-electron chi connectivity index (χ3n) is 3.74. The molecule has 1 aromatic carbocycles. The van der Waals surface area contributed by atoms with Gasteiger partial charge in [0.2, 0.25) is 0 Å². The monoisotopic (exact) mass is 311 g/mol. The Kier molecular flexibility index (Phi) is 3.74. The lowest BCUT2D eigenvalue weighted by molar-refractivity contribution is 0.500. The molecule has 0 aliphatic heterocycles. The van der Waals surface area contributed by atoms with Crippen LogP contribution in [-0.4, -0.2) is 12.0 Å². The van der Waals surface area contributed by atoms with Gasteiger partial charge in [0.15, 0.2) is 5.69 Å². The number of aromatic nitrogens is 1. The number of nitriles is 1. The molecule has 2 aromatic heterocycles. The van der Waals surface area contributed by atoms with Gasteiger partial charge in [-0.15, -0.1) is 0 Å². The third-order valence-corrected chi connectivity index (χ3v) is 4.04. The highest BCUT2D eigenvalue weighted by molar-refractivity contribution is 6.31. The molecule has 1 unspecified atom stereocenters. The Morgan fingerprint density at radius 1 is 1.27 bits per heavy atom. The number of anilines is 1. The summed E-state index contributed by atoms with van der Waals surface area (Å²) in [4.78, 5) is 6.24. The zero-order valence-electron chi connectivity index (χ0n) is 12.2. The largest absolute Gasteiger partial charge is 0.459 e. The van der Waals surface area contributed by atoms with Crippen molar-refractivity contribution >= 4 is 28.4 Å². The zero-order valence-corrected chi connectivity index (χ0v) is 13.0. The molecule has 1 atom stereocenters. The van der Waals surface area contributed by atoms with Crippen molar-refractivity contribution < 1.29 is 4.42 Å². The van der Waals surface area contributed by atoms with E-state index in [1.807, 2.05) is 55.3 Å². The number of nitrogens with zero attached hydrogens (tertiary/aromatic N) is 3. The Bertz CT molecular complexity index is 833. The predicted molar refractivity (Wildman–Crippen MR) is 87.0 cm³/mol. The van der Waals surface area contributed by atoms with Gasteiger partial charge in [-0.3, -0.25) is 0 Å². The smallest absolute Gasteiger partial charge is 0.161 e. The topological polar surface area (TPSA) is 53.1 Å². The summed E-state index contributed by atoms with van der Waals surface area (Å²) in [5.41, 5.74) is 1.09. The maximum atomic E-state index is 9.04. The second-order valence-electron chi connectivity index (χ2n) is 5.09. The van der Waals surface area contributed by atoms with Gasteiger partial charge in [0.05, 0.1) is 11.1 Å². The van der Waals surface area contributed by atoms with Crippen molar-refractivity contribution in [3.05, 3.63) is 58.9 Å². The van der Waals surface area contributed by atoms with E-state index in [-0.39, 0.29) is 11.7 Å². The molecule has 0 radical (unpaired) electrons. The van der Waals surface area contributed by atoms with E-state index in [4.69, 9.17) is 21.3 Å². The first-order valence-corrected chi connectivity index (χ1v) is 7.26. The summed E-state index contributed by atoms with van der Waals surface area (Å²) >= 11 is 5.93.